The van der Waals surface area contributed by atoms with E-state index in [0.717, 1.165) is 37.5 Å². The molecular formula is C15H19ClN2O. The van der Waals surface area contributed by atoms with E-state index in [1.54, 1.807) is 0 Å². The van der Waals surface area contributed by atoms with Gasteiger partial charge in [-0.05, 0) is 43.6 Å². The molecule has 1 N–H and O–H groups in total. The van der Waals surface area contributed by atoms with Crippen LogP contribution in [0.4, 0.5) is 0 Å². The summed E-state index contributed by atoms with van der Waals surface area (Å²) in [4.78, 5) is 14.3. The molecule has 2 aliphatic rings. The van der Waals surface area contributed by atoms with Gasteiger partial charge in [0.05, 0.1) is 0 Å². The van der Waals surface area contributed by atoms with Gasteiger partial charge in [-0.15, -0.1) is 0 Å². The number of nitrogens with one attached hydrogen (secondary N) is 1. The lowest BCUT2D eigenvalue weighted by Gasteiger charge is -2.31. The lowest BCUT2D eigenvalue weighted by Crippen LogP contribution is -2.43. The molecule has 0 radical (unpaired) electrons. The summed E-state index contributed by atoms with van der Waals surface area (Å²) >= 11 is 5.91. The van der Waals surface area contributed by atoms with E-state index in [2.05, 4.69) is 10.2 Å². The van der Waals surface area contributed by atoms with Crippen molar-refractivity contribution in [1.29, 1.82) is 0 Å². The van der Waals surface area contributed by atoms with Crippen LogP contribution in [0, 0.1) is 0 Å². The fraction of sp³-hybridized carbons (Fsp3) is 0.533. The van der Waals surface area contributed by atoms with E-state index in [1.807, 2.05) is 24.3 Å². The van der Waals surface area contributed by atoms with Crippen LogP contribution in [0.25, 0.3) is 0 Å². The number of rotatable bonds is 2. The number of carbonyl (C=O) groups excluding carboxylic acids is 1. The minimum absolute atomic E-state index is 0.312. The van der Waals surface area contributed by atoms with Gasteiger partial charge in [-0.25, -0.2) is 0 Å². The third kappa shape index (κ3) is 2.77. The summed E-state index contributed by atoms with van der Waals surface area (Å²) in [6.45, 7) is 2.92. The molecule has 0 spiro atoms. The predicted molar refractivity (Wildman–Crippen MR) is 76.4 cm³/mol. The van der Waals surface area contributed by atoms with E-state index >= 15 is 0 Å². The summed E-state index contributed by atoms with van der Waals surface area (Å²) in [5, 5.41) is 4.10. The van der Waals surface area contributed by atoms with Crippen molar-refractivity contribution in [2.24, 2.45) is 0 Å². The molecule has 1 amide bonds. The third-order valence-electron chi connectivity index (χ3n) is 4.25. The minimum atomic E-state index is 0.312. The smallest absolute Gasteiger partial charge is 0.223 e. The summed E-state index contributed by atoms with van der Waals surface area (Å²) in [6.07, 6.45) is 2.81. The molecule has 2 aliphatic heterocycles. The monoisotopic (exact) mass is 278 g/mol. The molecule has 2 fully saturated rings. The average Bonchev–Trinajstić information content (AvgIpc) is 2.83. The Labute approximate surface area is 118 Å². The Balaban J connectivity index is 1.70. The summed E-state index contributed by atoms with van der Waals surface area (Å²) in [5.74, 6) is 0.645. The topological polar surface area (TPSA) is 32.3 Å². The molecular weight excluding hydrogens is 260 g/mol. The molecule has 19 heavy (non-hydrogen) atoms. The maximum Gasteiger partial charge on any atom is 0.223 e. The first-order valence-electron chi connectivity index (χ1n) is 6.99. The molecule has 2 heterocycles. The summed E-state index contributed by atoms with van der Waals surface area (Å²) < 4.78 is 0. The van der Waals surface area contributed by atoms with Crippen LogP contribution in [0.15, 0.2) is 24.3 Å². The summed E-state index contributed by atoms with van der Waals surface area (Å²) in [7, 11) is 0. The molecule has 0 aromatic heterocycles. The van der Waals surface area contributed by atoms with E-state index in [1.165, 1.54) is 5.56 Å². The lowest BCUT2D eigenvalue weighted by atomic mass is 9.98. The third-order valence-corrected chi connectivity index (χ3v) is 4.50. The largest absolute Gasteiger partial charge is 0.339 e. The number of halogens is 1. The molecule has 1 aromatic carbocycles. The van der Waals surface area contributed by atoms with Crippen molar-refractivity contribution in [2.75, 3.05) is 19.6 Å². The van der Waals surface area contributed by atoms with Gasteiger partial charge in [0, 0.05) is 29.9 Å². The van der Waals surface area contributed by atoms with Crippen molar-refractivity contribution < 1.29 is 4.79 Å². The Hall–Kier alpha value is -1.06. The Morgan fingerprint density at radius 2 is 1.84 bits per heavy atom. The van der Waals surface area contributed by atoms with Gasteiger partial charge in [0.15, 0.2) is 0 Å². The van der Waals surface area contributed by atoms with Crippen LogP contribution in [-0.2, 0) is 4.79 Å². The van der Waals surface area contributed by atoms with Gasteiger partial charge in [0.2, 0.25) is 5.91 Å². The Bertz CT molecular complexity index is 454. The van der Waals surface area contributed by atoms with Crippen LogP contribution in [0.3, 0.4) is 0 Å². The van der Waals surface area contributed by atoms with Crippen molar-refractivity contribution in [3.8, 4) is 0 Å². The Morgan fingerprint density at radius 1 is 1.16 bits per heavy atom. The summed E-state index contributed by atoms with van der Waals surface area (Å²) in [5.41, 5.74) is 1.23. The first-order chi connectivity index (χ1) is 9.24. The maximum atomic E-state index is 12.2. The van der Waals surface area contributed by atoms with Crippen molar-refractivity contribution in [3.63, 3.8) is 0 Å². The SMILES string of the molecule is O=C1C[C@H](c2ccc(Cl)cc2)CN1C1CCNCC1. The van der Waals surface area contributed by atoms with E-state index in [-0.39, 0.29) is 0 Å². The molecule has 0 aliphatic carbocycles. The second kappa shape index (κ2) is 5.51. The Kier molecular flexibility index (Phi) is 3.76. The second-order valence-electron chi connectivity index (χ2n) is 5.48. The van der Waals surface area contributed by atoms with Crippen molar-refractivity contribution in [3.05, 3.63) is 34.9 Å². The van der Waals surface area contributed by atoms with Gasteiger partial charge in [0.1, 0.15) is 0 Å². The van der Waals surface area contributed by atoms with Crippen molar-refractivity contribution >= 4 is 17.5 Å². The first kappa shape index (κ1) is 12.9. The van der Waals surface area contributed by atoms with Gasteiger partial charge in [-0.3, -0.25) is 4.79 Å². The number of benzene rings is 1. The van der Waals surface area contributed by atoms with E-state index in [0.29, 0.717) is 24.3 Å². The molecule has 4 heteroatoms. The highest BCUT2D eigenvalue weighted by molar-refractivity contribution is 6.30. The zero-order valence-electron chi connectivity index (χ0n) is 10.9. The maximum absolute atomic E-state index is 12.2. The first-order valence-corrected chi connectivity index (χ1v) is 7.37. The minimum Gasteiger partial charge on any atom is -0.339 e. The molecule has 2 saturated heterocycles. The zero-order valence-corrected chi connectivity index (χ0v) is 11.7. The van der Waals surface area contributed by atoms with Crippen LogP contribution < -0.4 is 5.32 Å². The molecule has 3 nitrogen and oxygen atoms in total. The number of hydrogen-bond donors (Lipinski definition) is 1. The van der Waals surface area contributed by atoms with Gasteiger partial charge in [-0.1, -0.05) is 23.7 Å². The highest BCUT2D eigenvalue weighted by Gasteiger charge is 2.35. The zero-order chi connectivity index (χ0) is 13.2. The Morgan fingerprint density at radius 3 is 2.53 bits per heavy atom. The normalized spacial score (nSPS) is 25.0. The van der Waals surface area contributed by atoms with Crippen molar-refractivity contribution in [1.82, 2.24) is 10.2 Å². The van der Waals surface area contributed by atoms with Crippen LogP contribution in [0.2, 0.25) is 5.02 Å². The average molecular weight is 279 g/mol. The fourth-order valence-corrected chi connectivity index (χ4v) is 3.29. The molecule has 0 unspecified atom stereocenters. The number of carbonyl (C=O) groups is 1. The molecule has 3 rings (SSSR count). The van der Waals surface area contributed by atoms with Gasteiger partial charge in [0.25, 0.3) is 0 Å². The van der Waals surface area contributed by atoms with Crippen LogP contribution >= 0.6 is 11.6 Å². The molecule has 102 valence electrons. The number of nitrogens with zero attached hydrogens (tertiary/aromatic N) is 1. The lowest BCUT2D eigenvalue weighted by molar-refractivity contribution is -0.130. The summed E-state index contributed by atoms with van der Waals surface area (Å²) in [6, 6.07) is 8.35. The molecule has 1 aromatic rings. The van der Waals surface area contributed by atoms with E-state index in [9.17, 15) is 4.79 Å². The number of piperidine rings is 1. The number of hydrogen-bond acceptors (Lipinski definition) is 2. The van der Waals surface area contributed by atoms with Gasteiger partial charge >= 0.3 is 0 Å². The van der Waals surface area contributed by atoms with Crippen LogP contribution in [0.5, 0.6) is 0 Å². The number of likely N-dealkylation sites (tertiary alicyclic amines) is 1. The van der Waals surface area contributed by atoms with Gasteiger partial charge in [-0.2, -0.15) is 0 Å². The van der Waals surface area contributed by atoms with E-state index in [4.69, 9.17) is 11.6 Å². The highest BCUT2D eigenvalue weighted by atomic mass is 35.5. The molecule has 1 atom stereocenters. The molecule has 0 bridgehead atoms. The fourth-order valence-electron chi connectivity index (χ4n) is 3.16. The van der Waals surface area contributed by atoms with Crippen molar-refractivity contribution in [2.45, 2.75) is 31.2 Å². The predicted octanol–water partition coefficient (Wildman–Crippen LogP) is 2.41. The highest BCUT2D eigenvalue weighted by Crippen LogP contribution is 2.31. The van der Waals surface area contributed by atoms with E-state index < -0.39 is 0 Å². The molecule has 0 saturated carbocycles. The standard InChI is InChI=1S/C15H19ClN2O/c16-13-3-1-11(2-4-13)12-9-15(19)18(10-12)14-5-7-17-8-6-14/h1-4,12,14,17H,5-10H2/t12-/m0/s1. The number of amides is 1. The second-order valence-corrected chi connectivity index (χ2v) is 5.92. The van der Waals surface area contributed by atoms with Crippen LogP contribution in [-0.4, -0.2) is 36.5 Å². The van der Waals surface area contributed by atoms with Crippen LogP contribution in [0.1, 0.15) is 30.7 Å². The quantitative estimate of drug-likeness (QED) is 0.901. The van der Waals surface area contributed by atoms with Gasteiger partial charge < -0.3 is 10.2 Å².